The Kier molecular flexibility index (Phi) is 4.64. The molecule has 1 aromatic carbocycles. The van der Waals surface area contributed by atoms with Crippen LogP contribution in [-0.4, -0.2) is 40.9 Å². The van der Waals surface area contributed by atoms with Crippen LogP contribution in [0.25, 0.3) is 0 Å². The second-order valence-electron chi connectivity index (χ2n) is 5.10. The molecule has 2 rings (SSSR count). The molecule has 7 heteroatoms. The Morgan fingerprint density at radius 2 is 2.29 bits per heavy atom. The van der Waals surface area contributed by atoms with Gasteiger partial charge in [-0.15, -0.1) is 0 Å². The molecule has 114 valence electrons. The SMILES string of the molecule is COC1(CNS(=O)(=O)c2ccc(C#N)c(C)c2)CCOC1. The van der Waals surface area contributed by atoms with Gasteiger partial charge in [0.2, 0.25) is 10.0 Å². The Hall–Kier alpha value is -1.46. The van der Waals surface area contributed by atoms with E-state index in [1.165, 1.54) is 18.2 Å². The summed E-state index contributed by atoms with van der Waals surface area (Å²) in [5.74, 6) is 0. The van der Waals surface area contributed by atoms with E-state index in [4.69, 9.17) is 14.7 Å². The third-order valence-corrected chi connectivity index (χ3v) is 5.11. The molecule has 1 heterocycles. The van der Waals surface area contributed by atoms with Gasteiger partial charge in [-0.05, 0) is 30.7 Å². The number of aryl methyl sites for hydroxylation is 1. The van der Waals surface area contributed by atoms with Crippen LogP contribution in [0.3, 0.4) is 0 Å². The predicted molar refractivity (Wildman–Crippen MR) is 76.3 cm³/mol. The molecule has 0 amide bonds. The first-order chi connectivity index (χ1) is 9.92. The Bertz CT molecular complexity index is 658. The molecule has 0 aliphatic carbocycles. The number of methoxy groups -OCH3 is 1. The molecule has 0 bridgehead atoms. The van der Waals surface area contributed by atoms with E-state index in [0.29, 0.717) is 30.8 Å². The van der Waals surface area contributed by atoms with Crippen LogP contribution in [0, 0.1) is 18.3 Å². The lowest BCUT2D eigenvalue weighted by Gasteiger charge is -2.25. The Morgan fingerprint density at radius 1 is 1.52 bits per heavy atom. The molecule has 21 heavy (non-hydrogen) atoms. The lowest BCUT2D eigenvalue weighted by atomic mass is 10.0. The van der Waals surface area contributed by atoms with E-state index < -0.39 is 15.6 Å². The first-order valence-electron chi connectivity index (χ1n) is 6.56. The molecule has 0 spiro atoms. The van der Waals surface area contributed by atoms with Gasteiger partial charge in [0.1, 0.15) is 5.60 Å². The molecule has 6 nitrogen and oxygen atoms in total. The number of benzene rings is 1. The minimum absolute atomic E-state index is 0.143. The van der Waals surface area contributed by atoms with Crippen LogP contribution >= 0.6 is 0 Å². The van der Waals surface area contributed by atoms with Gasteiger partial charge in [-0.2, -0.15) is 5.26 Å². The molecule has 1 fully saturated rings. The molecule has 0 saturated carbocycles. The fourth-order valence-corrected chi connectivity index (χ4v) is 3.40. The summed E-state index contributed by atoms with van der Waals surface area (Å²) in [6, 6.07) is 6.44. The van der Waals surface area contributed by atoms with Crippen LogP contribution < -0.4 is 4.72 Å². The summed E-state index contributed by atoms with van der Waals surface area (Å²) < 4.78 is 37.8. The van der Waals surface area contributed by atoms with Gasteiger partial charge in [0, 0.05) is 26.7 Å². The number of nitriles is 1. The zero-order valence-corrected chi connectivity index (χ0v) is 12.9. The monoisotopic (exact) mass is 310 g/mol. The van der Waals surface area contributed by atoms with Crippen molar-refractivity contribution in [2.24, 2.45) is 0 Å². The summed E-state index contributed by atoms with van der Waals surface area (Å²) in [6.45, 7) is 2.80. The fraction of sp³-hybridized carbons (Fsp3) is 0.500. The van der Waals surface area contributed by atoms with Crippen molar-refractivity contribution in [3.63, 3.8) is 0 Å². The molecule has 1 N–H and O–H groups in total. The molecule has 1 aliphatic heterocycles. The van der Waals surface area contributed by atoms with E-state index in [9.17, 15) is 8.42 Å². The van der Waals surface area contributed by atoms with Crippen molar-refractivity contribution < 1.29 is 17.9 Å². The lowest BCUT2D eigenvalue weighted by Crippen LogP contribution is -2.44. The third-order valence-electron chi connectivity index (χ3n) is 3.71. The van der Waals surface area contributed by atoms with Gasteiger partial charge < -0.3 is 9.47 Å². The molecule has 0 radical (unpaired) electrons. The van der Waals surface area contributed by atoms with Crippen LogP contribution in [0.5, 0.6) is 0 Å². The highest BCUT2D eigenvalue weighted by Crippen LogP contribution is 2.22. The van der Waals surface area contributed by atoms with Crippen LogP contribution in [-0.2, 0) is 19.5 Å². The topological polar surface area (TPSA) is 88.4 Å². The molecule has 1 aliphatic rings. The minimum Gasteiger partial charge on any atom is -0.378 e. The van der Waals surface area contributed by atoms with E-state index >= 15 is 0 Å². The summed E-state index contributed by atoms with van der Waals surface area (Å²) in [5.41, 5.74) is 0.492. The molecule has 1 aromatic rings. The van der Waals surface area contributed by atoms with Crippen LogP contribution in [0.1, 0.15) is 17.5 Å². The van der Waals surface area contributed by atoms with Gasteiger partial charge in [0.05, 0.1) is 23.1 Å². The maximum atomic E-state index is 12.3. The fourth-order valence-electron chi connectivity index (χ4n) is 2.20. The Morgan fingerprint density at radius 3 is 2.81 bits per heavy atom. The highest BCUT2D eigenvalue weighted by atomic mass is 32.2. The third kappa shape index (κ3) is 3.41. The first-order valence-corrected chi connectivity index (χ1v) is 8.04. The van der Waals surface area contributed by atoms with Gasteiger partial charge >= 0.3 is 0 Å². The standard InChI is InChI=1S/C14H18N2O4S/c1-11-7-13(4-3-12(11)8-15)21(17,18)16-9-14(19-2)5-6-20-10-14/h3-4,7,16H,5-6,9-10H2,1-2H3. The number of hydrogen-bond donors (Lipinski definition) is 1. The zero-order valence-electron chi connectivity index (χ0n) is 12.0. The van der Waals surface area contributed by atoms with E-state index in [2.05, 4.69) is 4.72 Å². The molecular weight excluding hydrogens is 292 g/mol. The van der Waals surface area contributed by atoms with E-state index in [1.807, 2.05) is 6.07 Å². The van der Waals surface area contributed by atoms with Crippen molar-refractivity contribution in [2.75, 3.05) is 26.9 Å². The highest BCUT2D eigenvalue weighted by Gasteiger charge is 2.36. The number of ether oxygens (including phenoxy) is 2. The molecular formula is C14H18N2O4S. The summed E-state index contributed by atoms with van der Waals surface area (Å²) in [6.07, 6.45) is 0.651. The molecule has 1 saturated heterocycles. The van der Waals surface area contributed by atoms with Crippen LogP contribution in [0.2, 0.25) is 0 Å². The van der Waals surface area contributed by atoms with Gasteiger partial charge in [-0.3, -0.25) is 0 Å². The molecule has 1 atom stereocenters. The predicted octanol–water partition coefficient (Wildman–Crippen LogP) is 0.950. The summed E-state index contributed by atoms with van der Waals surface area (Å²) >= 11 is 0. The number of nitrogens with zero attached hydrogens (tertiary/aromatic N) is 1. The average molecular weight is 310 g/mol. The first kappa shape index (κ1) is 15.9. The summed E-state index contributed by atoms with van der Waals surface area (Å²) in [5, 5.41) is 8.88. The Balaban J connectivity index is 2.15. The van der Waals surface area contributed by atoms with Crippen molar-refractivity contribution in [1.82, 2.24) is 4.72 Å². The van der Waals surface area contributed by atoms with Gasteiger partial charge in [-0.25, -0.2) is 13.1 Å². The van der Waals surface area contributed by atoms with Crippen molar-refractivity contribution in [3.05, 3.63) is 29.3 Å². The van der Waals surface area contributed by atoms with Crippen molar-refractivity contribution in [3.8, 4) is 6.07 Å². The number of rotatable bonds is 5. The number of sulfonamides is 1. The summed E-state index contributed by atoms with van der Waals surface area (Å²) in [4.78, 5) is 0.143. The second-order valence-corrected chi connectivity index (χ2v) is 6.87. The van der Waals surface area contributed by atoms with Gasteiger partial charge in [0.25, 0.3) is 0 Å². The van der Waals surface area contributed by atoms with E-state index in [1.54, 1.807) is 14.0 Å². The Labute approximate surface area is 124 Å². The lowest BCUT2D eigenvalue weighted by molar-refractivity contribution is -0.0120. The number of nitrogens with one attached hydrogen (secondary N) is 1. The van der Waals surface area contributed by atoms with E-state index in [-0.39, 0.29) is 11.4 Å². The zero-order chi connectivity index (χ0) is 15.5. The van der Waals surface area contributed by atoms with Crippen molar-refractivity contribution in [2.45, 2.75) is 23.8 Å². The van der Waals surface area contributed by atoms with Gasteiger partial charge in [0.15, 0.2) is 0 Å². The normalized spacial score (nSPS) is 22.1. The van der Waals surface area contributed by atoms with Crippen LogP contribution in [0.15, 0.2) is 23.1 Å². The second kappa shape index (κ2) is 6.12. The van der Waals surface area contributed by atoms with Crippen molar-refractivity contribution in [1.29, 1.82) is 5.26 Å². The molecule has 1 unspecified atom stereocenters. The highest BCUT2D eigenvalue weighted by molar-refractivity contribution is 7.89. The number of hydrogen-bond acceptors (Lipinski definition) is 5. The van der Waals surface area contributed by atoms with Crippen molar-refractivity contribution >= 4 is 10.0 Å². The summed E-state index contributed by atoms with van der Waals surface area (Å²) in [7, 11) is -2.09. The smallest absolute Gasteiger partial charge is 0.240 e. The molecule has 0 aromatic heterocycles. The quantitative estimate of drug-likeness (QED) is 0.875. The van der Waals surface area contributed by atoms with Gasteiger partial charge in [-0.1, -0.05) is 0 Å². The maximum absolute atomic E-state index is 12.3. The largest absolute Gasteiger partial charge is 0.378 e. The van der Waals surface area contributed by atoms with E-state index in [0.717, 1.165) is 0 Å². The average Bonchev–Trinajstić information content (AvgIpc) is 2.95. The van der Waals surface area contributed by atoms with Crippen LogP contribution in [0.4, 0.5) is 0 Å². The maximum Gasteiger partial charge on any atom is 0.240 e. The minimum atomic E-state index is -3.64.